The van der Waals surface area contributed by atoms with Crippen molar-refractivity contribution in [2.45, 2.75) is 57.3 Å². The van der Waals surface area contributed by atoms with E-state index in [0.29, 0.717) is 0 Å². The number of carbonyl (C=O) groups excluding carboxylic acids is 1. The number of H-pyrrole nitrogens is 1. The number of aromatic amines is 1. The third kappa shape index (κ3) is 5.32. The van der Waals surface area contributed by atoms with E-state index in [2.05, 4.69) is 4.98 Å². The number of hydrogen-bond acceptors (Lipinski definition) is 9. The van der Waals surface area contributed by atoms with Crippen LogP contribution in [0.3, 0.4) is 0 Å². The van der Waals surface area contributed by atoms with Crippen molar-refractivity contribution < 1.29 is 32.3 Å². The molecule has 0 spiro atoms. The Labute approximate surface area is 177 Å². The Morgan fingerprint density at radius 3 is 2.84 bits per heavy atom. The molecule has 11 nitrogen and oxygen atoms in total. The molecule has 3 heterocycles. The van der Waals surface area contributed by atoms with Crippen LogP contribution in [0.25, 0.3) is 0 Å². The first-order valence-corrected chi connectivity index (χ1v) is 11.6. The van der Waals surface area contributed by atoms with Crippen LogP contribution in [-0.2, 0) is 27.9 Å². The largest absolute Gasteiger partial charge is 0.463 e. The van der Waals surface area contributed by atoms with Crippen molar-refractivity contribution >= 4 is 13.6 Å². The summed E-state index contributed by atoms with van der Waals surface area (Å²) in [5.74, 6) is -1.25. The fraction of sp³-hybridized carbons (Fsp3) is 0.722. The molecule has 6 atom stereocenters. The van der Waals surface area contributed by atoms with Crippen LogP contribution in [-0.4, -0.2) is 58.8 Å². The molecule has 0 aliphatic carbocycles. The quantitative estimate of drug-likeness (QED) is 0.439. The maximum Gasteiger partial charge on any atom is 0.331 e. The first-order valence-electron chi connectivity index (χ1n) is 9.89. The Bertz CT molecular complexity index is 977. The third-order valence-corrected chi connectivity index (χ3v) is 7.18. The summed E-state index contributed by atoms with van der Waals surface area (Å²) in [6.07, 6.45) is -3.01. The zero-order chi connectivity index (χ0) is 23.0. The van der Waals surface area contributed by atoms with Crippen molar-refractivity contribution in [2.75, 3.05) is 19.4 Å². The van der Waals surface area contributed by atoms with Gasteiger partial charge in [-0.25, -0.2) is 9.18 Å². The molecule has 2 saturated heterocycles. The van der Waals surface area contributed by atoms with Crippen LogP contribution in [0.1, 0.15) is 33.4 Å². The van der Waals surface area contributed by atoms with Crippen molar-refractivity contribution in [3.8, 4) is 0 Å². The van der Waals surface area contributed by atoms with E-state index in [1.54, 1.807) is 20.8 Å². The van der Waals surface area contributed by atoms with Gasteiger partial charge in [0, 0.05) is 18.2 Å². The molecule has 1 aromatic heterocycles. The van der Waals surface area contributed by atoms with E-state index >= 15 is 0 Å². The van der Waals surface area contributed by atoms with E-state index in [0.717, 1.165) is 4.57 Å². The summed E-state index contributed by atoms with van der Waals surface area (Å²) in [5, 5.41) is 0. The highest BCUT2D eigenvalue weighted by Gasteiger charge is 2.57. The van der Waals surface area contributed by atoms with E-state index < -0.39 is 67.8 Å². The molecule has 1 aromatic rings. The van der Waals surface area contributed by atoms with Crippen LogP contribution in [0, 0.1) is 5.92 Å². The van der Waals surface area contributed by atoms with Gasteiger partial charge in [0.15, 0.2) is 6.23 Å². The fourth-order valence-corrected chi connectivity index (χ4v) is 5.91. The number of nitrogens with zero attached hydrogens (tertiary/aromatic N) is 1. The molecule has 0 saturated carbocycles. The first-order chi connectivity index (χ1) is 14.4. The molecule has 2 aliphatic rings. The predicted molar refractivity (Wildman–Crippen MR) is 106 cm³/mol. The first kappa shape index (κ1) is 23.8. The Balaban J connectivity index is 1.66. The molecular formula is C18H27FN3O8P. The molecule has 0 radical (unpaired) electrons. The van der Waals surface area contributed by atoms with Gasteiger partial charge in [-0.1, -0.05) is 0 Å². The molecule has 0 amide bonds. The molecule has 2 fully saturated rings. The second kappa shape index (κ2) is 8.95. The van der Waals surface area contributed by atoms with Gasteiger partial charge in [-0.2, -0.15) is 0 Å². The van der Waals surface area contributed by atoms with Gasteiger partial charge >= 0.3 is 19.3 Å². The lowest BCUT2D eigenvalue weighted by atomic mass is 9.85. The number of carbonyl (C=O) groups is 1. The highest BCUT2D eigenvalue weighted by atomic mass is 31.2. The van der Waals surface area contributed by atoms with Crippen LogP contribution in [0.15, 0.2) is 21.9 Å². The molecule has 2 aliphatic heterocycles. The van der Waals surface area contributed by atoms with E-state index in [-0.39, 0.29) is 18.9 Å². The van der Waals surface area contributed by atoms with Gasteiger partial charge in [0.2, 0.25) is 0 Å². The Kier molecular flexibility index (Phi) is 6.87. The molecule has 3 N–H and O–H groups in total. The summed E-state index contributed by atoms with van der Waals surface area (Å²) in [6, 6.07) is 1.17. The lowest BCUT2D eigenvalue weighted by Gasteiger charge is -2.36. The summed E-state index contributed by atoms with van der Waals surface area (Å²) in [7, 11) is -3.72. The zero-order valence-corrected chi connectivity index (χ0v) is 18.4. The van der Waals surface area contributed by atoms with Gasteiger partial charge in [-0.05, 0) is 20.8 Å². The number of aromatic nitrogens is 2. The van der Waals surface area contributed by atoms with Crippen molar-refractivity contribution in [2.24, 2.45) is 11.7 Å². The Morgan fingerprint density at radius 1 is 1.48 bits per heavy atom. The maximum atomic E-state index is 14.1. The van der Waals surface area contributed by atoms with E-state index in [4.69, 9.17) is 24.3 Å². The number of halogens is 1. The predicted octanol–water partition coefficient (Wildman–Crippen LogP) is 0.687. The molecule has 13 heteroatoms. The van der Waals surface area contributed by atoms with Crippen LogP contribution in [0.2, 0.25) is 0 Å². The average Bonchev–Trinajstić information content (AvgIpc) is 2.90. The summed E-state index contributed by atoms with van der Waals surface area (Å²) in [6.45, 7) is 4.19. The molecule has 0 bridgehead atoms. The lowest BCUT2D eigenvalue weighted by molar-refractivity contribution is -0.149. The zero-order valence-electron chi connectivity index (χ0n) is 17.5. The second-order valence-electron chi connectivity index (χ2n) is 8.24. The number of rotatable bonds is 7. The van der Waals surface area contributed by atoms with Crippen molar-refractivity contribution in [1.29, 1.82) is 0 Å². The highest BCUT2D eigenvalue weighted by molar-refractivity contribution is 7.53. The Morgan fingerprint density at radius 2 is 2.19 bits per heavy atom. The average molecular weight is 463 g/mol. The Hall–Kier alpha value is -1.85. The van der Waals surface area contributed by atoms with Gasteiger partial charge in [0.05, 0.1) is 43.5 Å². The van der Waals surface area contributed by atoms with E-state index in [9.17, 15) is 23.3 Å². The number of ether oxygens (including phenoxy) is 2. The van der Waals surface area contributed by atoms with E-state index in [1.807, 2.05) is 0 Å². The third-order valence-electron chi connectivity index (χ3n) is 5.25. The van der Waals surface area contributed by atoms with Gasteiger partial charge in [0.1, 0.15) is 6.17 Å². The van der Waals surface area contributed by atoms with Crippen LogP contribution < -0.4 is 17.0 Å². The van der Waals surface area contributed by atoms with Crippen LogP contribution >= 0.6 is 7.60 Å². The van der Waals surface area contributed by atoms with Crippen molar-refractivity contribution in [3.63, 3.8) is 0 Å². The molecule has 1 unspecified atom stereocenters. The molecule has 174 valence electrons. The molecule has 3 rings (SSSR count). The minimum atomic E-state index is -3.72. The van der Waals surface area contributed by atoms with Gasteiger partial charge < -0.3 is 24.3 Å². The number of nitrogens with two attached hydrogens (primary N) is 1. The molecule has 31 heavy (non-hydrogen) atoms. The summed E-state index contributed by atoms with van der Waals surface area (Å²) in [4.78, 5) is 37.2. The summed E-state index contributed by atoms with van der Waals surface area (Å²) >= 11 is 0. The smallest absolute Gasteiger partial charge is 0.331 e. The van der Waals surface area contributed by atoms with Crippen LogP contribution in [0.5, 0.6) is 0 Å². The number of alkyl halides is 1. The van der Waals surface area contributed by atoms with Gasteiger partial charge in [0.25, 0.3) is 5.56 Å². The molecular weight excluding hydrogens is 436 g/mol. The highest BCUT2D eigenvalue weighted by Crippen LogP contribution is 2.58. The second-order valence-corrected chi connectivity index (χ2v) is 10.3. The number of esters is 1. The number of fused-ring (bicyclic) bond motifs is 1. The summed E-state index contributed by atoms with van der Waals surface area (Å²) < 4.78 is 49.6. The van der Waals surface area contributed by atoms with E-state index in [1.165, 1.54) is 12.3 Å². The van der Waals surface area contributed by atoms with Gasteiger partial charge in [-0.3, -0.25) is 23.7 Å². The van der Waals surface area contributed by atoms with Gasteiger partial charge in [-0.15, -0.1) is 0 Å². The normalized spacial score (nSPS) is 33.8. The fourth-order valence-electron chi connectivity index (χ4n) is 3.75. The standard InChI is InChI=1S/C18H27FN3O8P/c1-10(2)29-15(24)6-11(19)7-27-31(26)9-12-13(8-28-31)30-16(18(12,3)20)22-5-4-14(23)21-17(22)25/h4-5,10-13,16H,6-9,20H2,1-3H3,(H,21,23,25)/t11-,12+,13+,16+,18+,31?/m0/s1. The minimum Gasteiger partial charge on any atom is -0.463 e. The summed E-state index contributed by atoms with van der Waals surface area (Å²) in [5.41, 5.74) is 4.05. The topological polar surface area (TPSA) is 152 Å². The monoisotopic (exact) mass is 463 g/mol. The lowest BCUT2D eigenvalue weighted by Crippen LogP contribution is -2.52. The molecule has 0 aromatic carbocycles. The van der Waals surface area contributed by atoms with Crippen molar-refractivity contribution in [1.82, 2.24) is 9.55 Å². The SMILES string of the molecule is CC(C)OC(=O)C[C@H](F)COP1(=O)C[C@@H]2[C@@H](CO1)O[C@@H](n1ccc(=O)[nH]c1=O)[C@]2(C)N. The van der Waals surface area contributed by atoms with Crippen LogP contribution in [0.4, 0.5) is 4.39 Å². The van der Waals surface area contributed by atoms with Crippen molar-refractivity contribution in [3.05, 3.63) is 33.1 Å². The minimum absolute atomic E-state index is 0.129. The number of hydrogen-bond donors (Lipinski definition) is 2. The maximum absolute atomic E-state index is 14.1. The number of nitrogens with one attached hydrogen (secondary N) is 1.